The van der Waals surface area contributed by atoms with E-state index in [1.807, 2.05) is 0 Å². The van der Waals surface area contributed by atoms with E-state index in [1.54, 1.807) is 42.5 Å². The van der Waals surface area contributed by atoms with Crippen molar-refractivity contribution in [2.45, 2.75) is 0 Å². The Morgan fingerprint density at radius 3 is 2.36 bits per heavy atom. The molecule has 2 aromatic rings. The summed E-state index contributed by atoms with van der Waals surface area (Å²) in [5.74, 6) is -0.775. The molecule has 2 rings (SSSR count). The molecule has 5 nitrogen and oxygen atoms in total. The minimum absolute atomic E-state index is 0.0404. The molecule has 0 unspecified atom stereocenters. The summed E-state index contributed by atoms with van der Waals surface area (Å²) in [7, 11) is 0. The Morgan fingerprint density at radius 2 is 1.73 bits per heavy atom. The zero-order valence-electron chi connectivity index (χ0n) is 11.4. The van der Waals surface area contributed by atoms with Crippen molar-refractivity contribution in [1.82, 2.24) is 0 Å². The van der Waals surface area contributed by atoms with Crippen molar-refractivity contribution < 1.29 is 9.59 Å². The van der Waals surface area contributed by atoms with Crippen LogP contribution in [0.2, 0.25) is 10.0 Å². The van der Waals surface area contributed by atoms with Crippen LogP contribution in [0.15, 0.2) is 42.5 Å². The van der Waals surface area contributed by atoms with Crippen molar-refractivity contribution in [2.75, 3.05) is 17.2 Å². The van der Waals surface area contributed by atoms with Gasteiger partial charge in [-0.3, -0.25) is 9.59 Å². The Morgan fingerprint density at radius 1 is 1.05 bits per heavy atom. The first-order valence-corrected chi connectivity index (χ1v) is 7.10. The lowest BCUT2D eigenvalue weighted by atomic mass is 10.2. The molecule has 7 heteroatoms. The molecule has 0 heterocycles. The number of anilines is 2. The van der Waals surface area contributed by atoms with Gasteiger partial charge in [-0.2, -0.15) is 0 Å². The molecule has 0 spiro atoms. The highest BCUT2D eigenvalue weighted by atomic mass is 35.5. The van der Waals surface area contributed by atoms with Gasteiger partial charge in [-0.15, -0.1) is 0 Å². The number of rotatable bonds is 5. The highest BCUT2D eigenvalue weighted by Gasteiger charge is 2.08. The van der Waals surface area contributed by atoms with Crippen molar-refractivity contribution in [3.05, 3.63) is 58.1 Å². The summed E-state index contributed by atoms with van der Waals surface area (Å²) in [4.78, 5) is 22.8. The average Bonchev–Trinajstić information content (AvgIpc) is 2.50. The summed E-state index contributed by atoms with van der Waals surface area (Å²) in [6, 6.07) is 11.5. The van der Waals surface area contributed by atoms with Gasteiger partial charge in [0.1, 0.15) is 0 Å². The standard InChI is InChI=1S/C15H13Cl2N3O2/c16-11-2-1-3-12(14(11)17)20-13(21)8-19-10-6-4-9(5-7-10)15(18)22/h1-7,19H,8H2,(H2,18,22)(H,20,21). The van der Waals surface area contributed by atoms with E-state index in [4.69, 9.17) is 28.9 Å². The van der Waals surface area contributed by atoms with Crippen LogP contribution in [0.1, 0.15) is 10.4 Å². The predicted molar refractivity (Wildman–Crippen MR) is 88.5 cm³/mol. The van der Waals surface area contributed by atoms with E-state index in [9.17, 15) is 9.59 Å². The third kappa shape index (κ3) is 4.13. The van der Waals surface area contributed by atoms with E-state index in [2.05, 4.69) is 10.6 Å². The van der Waals surface area contributed by atoms with Crippen molar-refractivity contribution in [3.63, 3.8) is 0 Å². The third-order valence-electron chi connectivity index (χ3n) is 2.85. The predicted octanol–water partition coefficient (Wildman–Crippen LogP) is 3.14. The molecule has 0 aliphatic carbocycles. The fourth-order valence-corrected chi connectivity index (χ4v) is 2.08. The summed E-state index contributed by atoms with van der Waals surface area (Å²) < 4.78 is 0. The van der Waals surface area contributed by atoms with Gasteiger partial charge in [0, 0.05) is 11.3 Å². The molecule has 0 aliphatic rings. The van der Waals surface area contributed by atoms with E-state index in [1.165, 1.54) is 0 Å². The summed E-state index contributed by atoms with van der Waals surface area (Å²) >= 11 is 11.9. The Bertz CT molecular complexity index is 702. The quantitative estimate of drug-likeness (QED) is 0.783. The Kier molecular flexibility index (Phi) is 5.25. The molecule has 2 aromatic carbocycles. The van der Waals surface area contributed by atoms with Crippen LogP contribution in [-0.2, 0) is 4.79 Å². The molecule has 114 valence electrons. The zero-order valence-corrected chi connectivity index (χ0v) is 12.9. The number of nitrogens with two attached hydrogens (primary N) is 1. The first kappa shape index (κ1) is 16.1. The van der Waals surface area contributed by atoms with Crippen LogP contribution < -0.4 is 16.4 Å². The van der Waals surface area contributed by atoms with E-state index < -0.39 is 5.91 Å². The van der Waals surface area contributed by atoms with Gasteiger partial charge in [0.15, 0.2) is 0 Å². The van der Waals surface area contributed by atoms with E-state index in [0.29, 0.717) is 27.0 Å². The Balaban J connectivity index is 1.92. The maximum atomic E-state index is 11.9. The fraction of sp³-hybridized carbons (Fsp3) is 0.0667. The molecular formula is C15H13Cl2N3O2. The number of primary amides is 1. The number of carbonyl (C=O) groups is 2. The van der Waals surface area contributed by atoms with E-state index in [-0.39, 0.29) is 12.5 Å². The maximum absolute atomic E-state index is 11.9. The average molecular weight is 338 g/mol. The van der Waals surface area contributed by atoms with Gasteiger partial charge >= 0.3 is 0 Å². The largest absolute Gasteiger partial charge is 0.376 e. The van der Waals surface area contributed by atoms with Crippen LogP contribution in [0.25, 0.3) is 0 Å². The number of nitrogens with one attached hydrogen (secondary N) is 2. The normalized spacial score (nSPS) is 10.1. The molecule has 4 N–H and O–H groups in total. The van der Waals surface area contributed by atoms with E-state index in [0.717, 1.165) is 0 Å². The number of benzene rings is 2. The smallest absolute Gasteiger partial charge is 0.248 e. The lowest BCUT2D eigenvalue weighted by Crippen LogP contribution is -2.22. The van der Waals surface area contributed by atoms with Crippen LogP contribution >= 0.6 is 23.2 Å². The lowest BCUT2D eigenvalue weighted by molar-refractivity contribution is -0.114. The molecule has 0 saturated heterocycles. The maximum Gasteiger partial charge on any atom is 0.248 e. The van der Waals surface area contributed by atoms with Crippen LogP contribution in [-0.4, -0.2) is 18.4 Å². The van der Waals surface area contributed by atoms with Gasteiger partial charge in [-0.25, -0.2) is 0 Å². The van der Waals surface area contributed by atoms with Crippen LogP contribution in [0.5, 0.6) is 0 Å². The first-order valence-electron chi connectivity index (χ1n) is 6.35. The molecule has 22 heavy (non-hydrogen) atoms. The van der Waals surface area contributed by atoms with Crippen LogP contribution in [0, 0.1) is 0 Å². The van der Waals surface area contributed by atoms with Crippen molar-refractivity contribution in [1.29, 1.82) is 0 Å². The van der Waals surface area contributed by atoms with Gasteiger partial charge in [0.25, 0.3) is 0 Å². The Labute approximate surface area is 137 Å². The van der Waals surface area contributed by atoms with Gasteiger partial charge in [-0.1, -0.05) is 29.3 Å². The number of amides is 2. The van der Waals surface area contributed by atoms with Crippen molar-refractivity contribution in [3.8, 4) is 0 Å². The molecule has 0 bridgehead atoms. The van der Waals surface area contributed by atoms with Gasteiger partial charge in [0.05, 0.1) is 22.3 Å². The van der Waals surface area contributed by atoms with Crippen LogP contribution in [0.4, 0.5) is 11.4 Å². The first-order chi connectivity index (χ1) is 10.5. The number of hydrogen-bond donors (Lipinski definition) is 3. The summed E-state index contributed by atoms with van der Waals surface area (Å²) in [5.41, 5.74) is 6.70. The molecule has 0 radical (unpaired) electrons. The minimum Gasteiger partial charge on any atom is -0.376 e. The molecule has 0 fully saturated rings. The van der Waals surface area contributed by atoms with Crippen molar-refractivity contribution >= 4 is 46.4 Å². The topological polar surface area (TPSA) is 84.2 Å². The summed E-state index contributed by atoms with van der Waals surface area (Å²) in [5, 5.41) is 6.25. The van der Waals surface area contributed by atoms with Gasteiger partial charge < -0.3 is 16.4 Å². The SMILES string of the molecule is NC(=O)c1ccc(NCC(=O)Nc2cccc(Cl)c2Cl)cc1. The molecule has 0 aromatic heterocycles. The summed E-state index contributed by atoms with van der Waals surface area (Å²) in [6.45, 7) is 0.0404. The molecule has 0 atom stereocenters. The highest BCUT2D eigenvalue weighted by Crippen LogP contribution is 2.29. The lowest BCUT2D eigenvalue weighted by Gasteiger charge is -2.10. The number of hydrogen-bond acceptors (Lipinski definition) is 3. The van der Waals surface area contributed by atoms with Gasteiger partial charge in [0.2, 0.25) is 11.8 Å². The highest BCUT2D eigenvalue weighted by molar-refractivity contribution is 6.44. The molecule has 2 amide bonds. The zero-order chi connectivity index (χ0) is 16.1. The van der Waals surface area contributed by atoms with Gasteiger partial charge in [-0.05, 0) is 36.4 Å². The van der Waals surface area contributed by atoms with Crippen molar-refractivity contribution in [2.24, 2.45) is 5.73 Å². The van der Waals surface area contributed by atoms with E-state index >= 15 is 0 Å². The molecular weight excluding hydrogens is 325 g/mol. The second-order valence-electron chi connectivity index (χ2n) is 4.44. The second kappa shape index (κ2) is 7.15. The monoisotopic (exact) mass is 337 g/mol. The second-order valence-corrected chi connectivity index (χ2v) is 5.23. The molecule has 0 saturated carbocycles. The number of halogens is 2. The molecule has 0 aliphatic heterocycles. The fourth-order valence-electron chi connectivity index (χ4n) is 1.73. The minimum atomic E-state index is -0.500. The third-order valence-corrected chi connectivity index (χ3v) is 3.67. The van der Waals surface area contributed by atoms with Crippen LogP contribution in [0.3, 0.4) is 0 Å². The summed E-state index contributed by atoms with van der Waals surface area (Å²) in [6.07, 6.45) is 0. The number of carbonyl (C=O) groups excluding carboxylic acids is 2. The Hall–Kier alpha value is -2.24.